The van der Waals surface area contributed by atoms with Gasteiger partial charge in [-0.25, -0.2) is 9.59 Å². The third-order valence-electron chi connectivity index (χ3n) is 5.21. The molecule has 0 amide bonds. The number of carbonyl (C=O) groups is 2. The monoisotopic (exact) mass is 446 g/mol. The van der Waals surface area contributed by atoms with E-state index in [1.165, 1.54) is 24.3 Å². The molecule has 0 saturated heterocycles. The maximum atomic E-state index is 11.8. The molecule has 0 aliphatic rings. The van der Waals surface area contributed by atoms with Gasteiger partial charge in [-0.1, -0.05) is 51.3 Å². The summed E-state index contributed by atoms with van der Waals surface area (Å²) in [4.78, 5) is 24.3. The van der Waals surface area contributed by atoms with Crippen LogP contribution >= 0.6 is 11.8 Å². The zero-order valence-corrected chi connectivity index (χ0v) is 18.8. The van der Waals surface area contributed by atoms with E-state index in [0.717, 1.165) is 50.3 Å². The van der Waals surface area contributed by atoms with Gasteiger partial charge in [0, 0.05) is 0 Å². The minimum absolute atomic E-state index is 0.0823. The maximum Gasteiger partial charge on any atom is 0.336 e. The number of hydrogen-bond acceptors (Lipinski definition) is 5. The minimum atomic E-state index is -1.08. The predicted molar refractivity (Wildman–Crippen MR) is 121 cm³/mol. The minimum Gasteiger partial charge on any atom is -0.507 e. The lowest BCUT2D eigenvalue weighted by atomic mass is 10.0. The highest BCUT2D eigenvalue weighted by molar-refractivity contribution is 7.99. The molecule has 0 unspecified atom stereocenters. The molecule has 0 atom stereocenters. The molecule has 2 aromatic carbocycles. The van der Waals surface area contributed by atoms with E-state index in [0.29, 0.717) is 33.8 Å². The SMILES string of the molecule is CCCCCc1c(C(=O)O)ccc(O)c1Sc1c(O)ccc(C(=O)O)c1CCCCC. The standard InChI is InChI=1S/C24H30O6S/c1-3-5-7-9-15-17(23(27)28)11-13-19(25)21(15)31-22-16(10-8-6-4-2)18(24(29)30)12-14-20(22)26/h11-14,25-26H,3-10H2,1-2H3,(H,27,28)(H,29,30). The van der Waals surface area contributed by atoms with Crippen molar-refractivity contribution in [3.05, 3.63) is 46.5 Å². The van der Waals surface area contributed by atoms with Crippen LogP contribution in [0.3, 0.4) is 0 Å². The molecule has 0 aliphatic heterocycles. The molecule has 168 valence electrons. The zero-order valence-electron chi connectivity index (χ0n) is 18.0. The third kappa shape index (κ3) is 6.17. The second-order valence-electron chi connectivity index (χ2n) is 7.51. The fourth-order valence-electron chi connectivity index (χ4n) is 3.56. The first-order valence-corrected chi connectivity index (χ1v) is 11.5. The highest BCUT2D eigenvalue weighted by atomic mass is 32.2. The zero-order chi connectivity index (χ0) is 23.0. The number of phenols is 2. The Kier molecular flexibility index (Phi) is 9.24. The Labute approximate surface area is 186 Å². The Bertz CT molecular complexity index is 863. The van der Waals surface area contributed by atoms with Crippen molar-refractivity contribution in [1.82, 2.24) is 0 Å². The highest BCUT2D eigenvalue weighted by Gasteiger charge is 2.23. The molecule has 0 heterocycles. The number of hydrogen-bond donors (Lipinski definition) is 4. The average molecular weight is 447 g/mol. The van der Waals surface area contributed by atoms with Crippen molar-refractivity contribution in [3.63, 3.8) is 0 Å². The quantitative estimate of drug-likeness (QED) is 0.291. The molecule has 0 fully saturated rings. The number of aromatic carboxylic acids is 2. The van der Waals surface area contributed by atoms with E-state index in [4.69, 9.17) is 0 Å². The summed E-state index contributed by atoms with van der Waals surface area (Å²) in [6.45, 7) is 4.10. The van der Waals surface area contributed by atoms with Gasteiger partial charge in [0.25, 0.3) is 0 Å². The van der Waals surface area contributed by atoms with E-state index in [1.807, 2.05) is 13.8 Å². The lowest BCUT2D eigenvalue weighted by molar-refractivity contribution is 0.0684. The van der Waals surface area contributed by atoms with Crippen LogP contribution in [0.5, 0.6) is 11.5 Å². The summed E-state index contributed by atoms with van der Waals surface area (Å²) in [6.07, 6.45) is 6.23. The largest absolute Gasteiger partial charge is 0.507 e. The summed E-state index contributed by atoms with van der Waals surface area (Å²) in [5.74, 6) is -2.33. The van der Waals surface area contributed by atoms with Gasteiger partial charge in [0.1, 0.15) is 11.5 Å². The van der Waals surface area contributed by atoms with Gasteiger partial charge in [0.15, 0.2) is 0 Å². The molecule has 4 N–H and O–H groups in total. The van der Waals surface area contributed by atoms with E-state index in [1.54, 1.807) is 0 Å². The van der Waals surface area contributed by atoms with E-state index >= 15 is 0 Å². The van der Waals surface area contributed by atoms with Gasteiger partial charge < -0.3 is 20.4 Å². The van der Waals surface area contributed by atoms with Crippen LogP contribution in [0.25, 0.3) is 0 Å². The Balaban J connectivity index is 2.61. The number of carboxylic acid groups (broad SMARTS) is 2. The number of benzene rings is 2. The first-order valence-electron chi connectivity index (χ1n) is 10.7. The normalized spacial score (nSPS) is 10.9. The van der Waals surface area contributed by atoms with Crippen LogP contribution in [-0.2, 0) is 12.8 Å². The van der Waals surface area contributed by atoms with Gasteiger partial charge in [-0.3, -0.25) is 0 Å². The molecule has 0 bridgehead atoms. The van der Waals surface area contributed by atoms with E-state index in [9.17, 15) is 30.0 Å². The lowest BCUT2D eigenvalue weighted by Crippen LogP contribution is -2.06. The Morgan fingerprint density at radius 2 is 1.10 bits per heavy atom. The topological polar surface area (TPSA) is 115 Å². The number of carboxylic acids is 2. The van der Waals surface area contributed by atoms with Crippen LogP contribution in [0.4, 0.5) is 0 Å². The summed E-state index contributed by atoms with van der Waals surface area (Å²) >= 11 is 1.05. The maximum absolute atomic E-state index is 11.8. The molecule has 2 aromatic rings. The number of phenolic OH excluding ortho intramolecular Hbond substituents is 2. The third-order valence-corrected chi connectivity index (χ3v) is 6.52. The Hall–Kier alpha value is -2.67. The highest BCUT2D eigenvalue weighted by Crippen LogP contribution is 2.45. The Morgan fingerprint density at radius 3 is 1.42 bits per heavy atom. The van der Waals surface area contributed by atoms with Crippen molar-refractivity contribution in [2.75, 3.05) is 0 Å². The van der Waals surface area contributed by atoms with Crippen molar-refractivity contribution in [3.8, 4) is 11.5 Å². The molecular weight excluding hydrogens is 416 g/mol. The molecule has 2 rings (SSSR count). The molecule has 0 radical (unpaired) electrons. The van der Waals surface area contributed by atoms with Crippen molar-refractivity contribution >= 4 is 23.7 Å². The predicted octanol–water partition coefficient (Wildman–Crippen LogP) is 6.11. The summed E-state index contributed by atoms with van der Waals surface area (Å²) in [6, 6.07) is 5.45. The molecular formula is C24H30O6S. The molecule has 31 heavy (non-hydrogen) atoms. The fourth-order valence-corrected chi connectivity index (χ4v) is 4.78. The Morgan fingerprint density at radius 1 is 0.710 bits per heavy atom. The molecule has 6 nitrogen and oxygen atoms in total. The van der Waals surface area contributed by atoms with Crippen LogP contribution < -0.4 is 0 Å². The molecule has 0 saturated carbocycles. The second-order valence-corrected chi connectivity index (χ2v) is 8.53. The first-order chi connectivity index (χ1) is 14.8. The number of aromatic hydroxyl groups is 2. The van der Waals surface area contributed by atoms with Crippen LogP contribution in [0.1, 0.15) is 84.2 Å². The summed E-state index contributed by atoms with van der Waals surface area (Å²) < 4.78 is 0. The number of rotatable bonds is 12. The van der Waals surface area contributed by atoms with Crippen molar-refractivity contribution in [2.45, 2.75) is 75.0 Å². The van der Waals surface area contributed by atoms with Crippen molar-refractivity contribution in [2.24, 2.45) is 0 Å². The second kappa shape index (κ2) is 11.6. The number of unbranched alkanes of at least 4 members (excludes halogenated alkanes) is 4. The summed E-state index contributed by atoms with van der Waals surface area (Å²) in [5, 5.41) is 40.5. The van der Waals surface area contributed by atoms with Gasteiger partial charge in [-0.05, 0) is 61.1 Å². The van der Waals surface area contributed by atoms with E-state index < -0.39 is 11.9 Å². The fraction of sp³-hybridized carbons (Fsp3) is 0.417. The van der Waals surface area contributed by atoms with Crippen LogP contribution in [0.15, 0.2) is 34.1 Å². The summed E-state index contributed by atoms with van der Waals surface area (Å²) in [7, 11) is 0. The van der Waals surface area contributed by atoms with Crippen LogP contribution in [0, 0.1) is 0 Å². The summed E-state index contributed by atoms with van der Waals surface area (Å²) in [5.41, 5.74) is 1.23. The van der Waals surface area contributed by atoms with Gasteiger partial charge in [-0.15, -0.1) is 0 Å². The van der Waals surface area contributed by atoms with Gasteiger partial charge >= 0.3 is 11.9 Å². The molecule has 0 spiro atoms. The van der Waals surface area contributed by atoms with Crippen molar-refractivity contribution in [1.29, 1.82) is 0 Å². The smallest absolute Gasteiger partial charge is 0.336 e. The van der Waals surface area contributed by atoms with Crippen LogP contribution in [-0.4, -0.2) is 32.4 Å². The molecule has 7 heteroatoms. The average Bonchev–Trinajstić information content (AvgIpc) is 2.72. The van der Waals surface area contributed by atoms with Gasteiger partial charge in [0.05, 0.1) is 20.9 Å². The van der Waals surface area contributed by atoms with Gasteiger partial charge in [0.2, 0.25) is 0 Å². The lowest BCUT2D eigenvalue weighted by Gasteiger charge is -2.18. The van der Waals surface area contributed by atoms with E-state index in [-0.39, 0.29) is 22.6 Å². The van der Waals surface area contributed by atoms with Crippen molar-refractivity contribution < 1.29 is 30.0 Å². The van der Waals surface area contributed by atoms with E-state index in [2.05, 4.69) is 0 Å². The van der Waals surface area contributed by atoms with Crippen LogP contribution in [0.2, 0.25) is 0 Å². The molecule has 0 aliphatic carbocycles. The molecule has 0 aromatic heterocycles. The van der Waals surface area contributed by atoms with Gasteiger partial charge in [-0.2, -0.15) is 0 Å². The first kappa shape index (κ1) is 24.6.